The molecule has 2 N–H and O–H groups in total. The van der Waals surface area contributed by atoms with Crippen LogP contribution in [0, 0.1) is 0 Å². The first-order valence-electron chi connectivity index (χ1n) is 20.9. The SMILES string of the molecule is Cn1c(=O)n(CCC2(O)CC2)c(=O)c2[nH]c(Oc3ccc(COC4(CCn5c(=O)c6c(nc(Oc7cccc(OC(F)(F)F)c7)n6Cc6ccccn6)n(C)c5=O)CC4)c(OC(F)(F)F)c3)nc21. The number of ether oxygens (including phenoxy) is 5. The van der Waals surface area contributed by atoms with Gasteiger partial charge in [-0.2, -0.15) is 9.97 Å². The van der Waals surface area contributed by atoms with Gasteiger partial charge in [-0.1, -0.05) is 12.1 Å². The van der Waals surface area contributed by atoms with Gasteiger partial charge in [0.05, 0.1) is 30.0 Å². The van der Waals surface area contributed by atoms with Crippen molar-refractivity contribution in [3.63, 3.8) is 0 Å². The van der Waals surface area contributed by atoms with Gasteiger partial charge in [0, 0.05) is 51.1 Å². The molecule has 0 bridgehead atoms. The number of aryl methyl sites for hydroxylation is 2. The smallest absolute Gasteiger partial charge is 0.425 e. The number of halogens is 6. The Morgan fingerprint density at radius 1 is 0.721 bits per heavy atom. The van der Waals surface area contributed by atoms with Crippen molar-refractivity contribution in [1.82, 2.24) is 42.8 Å². The molecule has 2 aliphatic carbocycles. The van der Waals surface area contributed by atoms with Gasteiger partial charge in [0.25, 0.3) is 11.1 Å². The summed E-state index contributed by atoms with van der Waals surface area (Å²) in [6.07, 6.45) is -6.36. The molecular weight excluding hydrogens is 917 g/mol. The standard InChI is InChI=1S/C43H39F6N9O10/c1-54-32-30(34(59)56(38(54)61)18-15-40(63)11-12-40)51-36(52-32)65-27-10-9-24(29(21-27)68-43(47,48)49)23-64-41(13-14-41)16-19-57-35(60)31-33(55(2)39(57)62)53-37(58(31)22-25-6-3-4-17-50-25)66-26-7-5-8-28(20-26)67-42(44,45)46/h3-10,17,20-21,63H,11-16,18-19,22-23H2,1-2H3,(H,51,52). The summed E-state index contributed by atoms with van der Waals surface area (Å²) in [5.74, 6) is -1.55. The highest BCUT2D eigenvalue weighted by molar-refractivity contribution is 5.72. The summed E-state index contributed by atoms with van der Waals surface area (Å²) < 4.78 is 112. The third kappa shape index (κ3) is 9.69. The van der Waals surface area contributed by atoms with E-state index in [1.807, 2.05) is 0 Å². The molecule has 0 amide bonds. The van der Waals surface area contributed by atoms with Gasteiger partial charge in [0.1, 0.15) is 23.0 Å². The number of H-pyrrole nitrogens is 1. The highest BCUT2D eigenvalue weighted by Crippen LogP contribution is 2.45. The molecule has 19 nitrogen and oxygen atoms in total. The zero-order chi connectivity index (χ0) is 48.3. The molecule has 0 atom stereocenters. The van der Waals surface area contributed by atoms with Crippen LogP contribution in [0.5, 0.6) is 35.0 Å². The second-order valence-corrected chi connectivity index (χ2v) is 16.6. The summed E-state index contributed by atoms with van der Waals surface area (Å²) >= 11 is 0. The van der Waals surface area contributed by atoms with Crippen LogP contribution in [0.1, 0.15) is 49.8 Å². The van der Waals surface area contributed by atoms with Crippen LogP contribution >= 0.6 is 0 Å². The van der Waals surface area contributed by atoms with Crippen molar-refractivity contribution in [2.24, 2.45) is 14.1 Å². The molecule has 0 unspecified atom stereocenters. The predicted molar refractivity (Wildman–Crippen MR) is 225 cm³/mol. The first-order chi connectivity index (χ1) is 32.2. The quantitative estimate of drug-likeness (QED) is 0.108. The van der Waals surface area contributed by atoms with Crippen LogP contribution in [0.4, 0.5) is 26.3 Å². The second-order valence-electron chi connectivity index (χ2n) is 16.6. The fourth-order valence-electron chi connectivity index (χ4n) is 7.66. The molecule has 0 aliphatic heterocycles. The molecule has 25 heteroatoms. The van der Waals surface area contributed by atoms with Crippen molar-refractivity contribution in [2.45, 2.75) is 88.7 Å². The van der Waals surface area contributed by atoms with E-state index in [1.165, 1.54) is 49.1 Å². The molecule has 7 aromatic rings. The fourth-order valence-corrected chi connectivity index (χ4v) is 7.66. The molecule has 2 saturated carbocycles. The summed E-state index contributed by atoms with van der Waals surface area (Å²) in [6, 6.07) is 12.7. The molecule has 2 fully saturated rings. The maximum atomic E-state index is 14.3. The lowest BCUT2D eigenvalue weighted by Gasteiger charge is -2.20. The maximum absolute atomic E-state index is 14.3. The van der Waals surface area contributed by atoms with Gasteiger partial charge in [-0.3, -0.25) is 37.4 Å². The van der Waals surface area contributed by atoms with Gasteiger partial charge in [-0.05, 0) is 74.9 Å². The Kier molecular flexibility index (Phi) is 11.5. The summed E-state index contributed by atoms with van der Waals surface area (Å²) in [5.41, 5.74) is -4.79. The molecule has 9 rings (SSSR count). The molecular formula is C43H39F6N9O10. The molecule has 2 aromatic carbocycles. The van der Waals surface area contributed by atoms with Crippen molar-refractivity contribution in [3.8, 4) is 35.0 Å². The molecule has 2 aliphatic rings. The zero-order valence-corrected chi connectivity index (χ0v) is 35.9. The Morgan fingerprint density at radius 2 is 1.40 bits per heavy atom. The lowest BCUT2D eigenvalue weighted by molar-refractivity contribution is -0.276. The number of fused-ring (bicyclic) bond motifs is 2. The average molecular weight is 956 g/mol. The minimum atomic E-state index is -5.14. The van der Waals surface area contributed by atoms with Crippen molar-refractivity contribution >= 4 is 22.3 Å². The minimum Gasteiger partial charge on any atom is -0.425 e. The first-order valence-corrected chi connectivity index (χ1v) is 20.9. The van der Waals surface area contributed by atoms with Crippen LogP contribution in [-0.4, -0.2) is 71.8 Å². The van der Waals surface area contributed by atoms with E-state index in [-0.39, 0.29) is 83.9 Å². The lowest BCUT2D eigenvalue weighted by Crippen LogP contribution is -2.40. The molecule has 5 heterocycles. The van der Waals surface area contributed by atoms with Crippen molar-refractivity contribution < 1.29 is 55.1 Å². The predicted octanol–water partition coefficient (Wildman–Crippen LogP) is 5.51. The summed E-state index contributed by atoms with van der Waals surface area (Å²) in [5, 5.41) is 10.2. The number of aromatic amines is 1. The normalized spacial score (nSPS) is 15.2. The Morgan fingerprint density at radius 3 is 2.07 bits per heavy atom. The fraction of sp³-hybridized carbons (Fsp3) is 0.372. The average Bonchev–Trinajstić information content (AvgIpc) is 4.14. The molecule has 358 valence electrons. The Bertz CT molecular complexity index is 3310. The first kappa shape index (κ1) is 45.7. The Labute approximate surface area is 377 Å². The largest absolute Gasteiger partial charge is 0.573 e. The van der Waals surface area contributed by atoms with Gasteiger partial charge in [0.2, 0.25) is 0 Å². The summed E-state index contributed by atoms with van der Waals surface area (Å²) in [6.45, 7) is -0.745. The third-order valence-electron chi connectivity index (χ3n) is 11.7. The zero-order valence-electron chi connectivity index (χ0n) is 35.9. The number of hydrogen-bond acceptors (Lipinski definition) is 13. The van der Waals surface area contributed by atoms with E-state index in [0.717, 1.165) is 36.5 Å². The maximum Gasteiger partial charge on any atom is 0.573 e. The summed E-state index contributed by atoms with van der Waals surface area (Å²) in [4.78, 5) is 69.7. The van der Waals surface area contributed by atoms with Crippen molar-refractivity contribution in [3.05, 3.63) is 120 Å². The lowest BCUT2D eigenvalue weighted by atomic mass is 10.2. The highest BCUT2D eigenvalue weighted by atomic mass is 19.4. The van der Waals surface area contributed by atoms with Crippen LogP contribution in [-0.2, 0) is 45.1 Å². The Hall–Kier alpha value is -7.41. The van der Waals surface area contributed by atoms with E-state index < -0.39 is 64.5 Å². The van der Waals surface area contributed by atoms with Gasteiger partial charge >= 0.3 is 36.1 Å². The molecule has 0 radical (unpaired) electrons. The number of aromatic nitrogens is 9. The van der Waals surface area contributed by atoms with Gasteiger partial charge in [0.15, 0.2) is 22.3 Å². The van der Waals surface area contributed by atoms with Crippen LogP contribution < -0.4 is 41.4 Å². The van der Waals surface area contributed by atoms with Crippen LogP contribution in [0.25, 0.3) is 22.3 Å². The topological polar surface area (TPSA) is 214 Å². The van der Waals surface area contributed by atoms with E-state index in [2.05, 4.69) is 29.4 Å². The van der Waals surface area contributed by atoms with E-state index in [4.69, 9.17) is 14.2 Å². The van der Waals surface area contributed by atoms with Gasteiger partial charge in [-0.15, -0.1) is 26.3 Å². The van der Waals surface area contributed by atoms with E-state index >= 15 is 0 Å². The van der Waals surface area contributed by atoms with Crippen molar-refractivity contribution in [2.75, 3.05) is 0 Å². The number of nitrogens with one attached hydrogen (secondary N) is 1. The minimum absolute atomic E-state index is 0.0379. The third-order valence-corrected chi connectivity index (χ3v) is 11.7. The number of hydrogen-bond donors (Lipinski definition) is 2. The number of rotatable bonds is 17. The molecule has 68 heavy (non-hydrogen) atoms. The number of nitrogens with zero attached hydrogens (tertiary/aromatic N) is 8. The number of pyridine rings is 1. The molecule has 5 aromatic heterocycles. The van der Waals surface area contributed by atoms with E-state index in [1.54, 1.807) is 18.2 Å². The van der Waals surface area contributed by atoms with Gasteiger partial charge < -0.3 is 33.8 Å². The van der Waals surface area contributed by atoms with E-state index in [0.29, 0.717) is 31.4 Å². The van der Waals surface area contributed by atoms with Crippen molar-refractivity contribution in [1.29, 1.82) is 0 Å². The monoisotopic (exact) mass is 955 g/mol. The molecule has 0 saturated heterocycles. The number of alkyl halides is 6. The number of imidazole rings is 2. The number of benzene rings is 2. The highest BCUT2D eigenvalue weighted by Gasteiger charge is 2.44. The second kappa shape index (κ2) is 17.0. The van der Waals surface area contributed by atoms with E-state index in [9.17, 15) is 50.6 Å². The summed E-state index contributed by atoms with van der Waals surface area (Å²) in [7, 11) is 2.75. The van der Waals surface area contributed by atoms with Crippen LogP contribution in [0.15, 0.2) is 86.0 Å². The molecule has 0 spiro atoms. The Balaban J connectivity index is 0.946. The van der Waals surface area contributed by atoms with Gasteiger partial charge in [-0.25, -0.2) is 9.59 Å². The number of aliphatic hydroxyl groups is 1. The van der Waals surface area contributed by atoms with Crippen LogP contribution in [0.2, 0.25) is 0 Å². The van der Waals surface area contributed by atoms with Crippen LogP contribution in [0.3, 0.4) is 0 Å².